The predicted octanol–water partition coefficient (Wildman–Crippen LogP) is 2.78. The van der Waals surface area contributed by atoms with Gasteiger partial charge < -0.3 is 20.1 Å². The Hall–Kier alpha value is -1.79. The molecule has 0 spiro atoms. The monoisotopic (exact) mass is 358 g/mol. The lowest BCUT2D eigenvalue weighted by atomic mass is 10.0. The number of hydrogen-bond acceptors (Lipinski definition) is 5. The normalized spacial score (nSPS) is 13.0. The summed E-state index contributed by atoms with van der Waals surface area (Å²) in [6, 6.07) is -1.52. The molecule has 0 aliphatic heterocycles. The topological polar surface area (TPSA) is 93.7 Å². The van der Waals surface area contributed by atoms with E-state index in [2.05, 4.69) is 10.6 Å². The van der Waals surface area contributed by atoms with Crippen LogP contribution in [0, 0.1) is 5.92 Å². The maximum atomic E-state index is 12.2. The molecule has 0 aliphatic carbocycles. The zero-order chi connectivity index (χ0) is 19.2. The number of amides is 2. The summed E-state index contributed by atoms with van der Waals surface area (Å²) < 4.78 is 10.2. The van der Waals surface area contributed by atoms with E-state index in [9.17, 15) is 14.4 Å². The maximum absolute atomic E-state index is 12.2. The minimum absolute atomic E-state index is 0.214. The third-order valence-electron chi connectivity index (χ3n) is 3.51. The van der Waals surface area contributed by atoms with Crippen LogP contribution in [0.4, 0.5) is 4.79 Å². The molecule has 7 heteroatoms. The van der Waals surface area contributed by atoms with Crippen molar-refractivity contribution in [1.29, 1.82) is 0 Å². The van der Waals surface area contributed by atoms with Crippen molar-refractivity contribution in [2.45, 2.75) is 78.8 Å². The van der Waals surface area contributed by atoms with Crippen molar-refractivity contribution in [2.75, 3.05) is 13.2 Å². The number of alkyl carbamates (subject to hydrolysis) is 1. The van der Waals surface area contributed by atoms with Gasteiger partial charge in [0.15, 0.2) is 0 Å². The van der Waals surface area contributed by atoms with Crippen LogP contribution in [0.15, 0.2) is 0 Å². The number of hydrogen-bond donors (Lipinski definition) is 2. The Morgan fingerprint density at radius 1 is 0.880 bits per heavy atom. The molecule has 0 bridgehead atoms. The molecule has 0 saturated heterocycles. The molecule has 0 heterocycles. The van der Waals surface area contributed by atoms with Crippen molar-refractivity contribution in [2.24, 2.45) is 5.92 Å². The van der Waals surface area contributed by atoms with E-state index in [4.69, 9.17) is 9.47 Å². The molecule has 0 aromatic carbocycles. The molecule has 2 N–H and O–H groups in total. The van der Waals surface area contributed by atoms with E-state index >= 15 is 0 Å². The second-order valence-electron chi connectivity index (χ2n) is 6.57. The van der Waals surface area contributed by atoms with Crippen LogP contribution >= 0.6 is 0 Å². The SMILES string of the molecule is CCCCOC(=O)NC(C)C(=O)NC(CC(C)C)C(=O)OCCCC. The van der Waals surface area contributed by atoms with Gasteiger partial charge in [0.1, 0.15) is 12.1 Å². The first-order valence-electron chi connectivity index (χ1n) is 9.22. The Morgan fingerprint density at radius 3 is 1.96 bits per heavy atom. The van der Waals surface area contributed by atoms with Crippen LogP contribution < -0.4 is 10.6 Å². The summed E-state index contributed by atoms with van der Waals surface area (Å²) in [5.74, 6) is -0.662. The maximum Gasteiger partial charge on any atom is 0.407 e. The molecule has 0 saturated carbocycles. The molecule has 0 radical (unpaired) electrons. The highest BCUT2D eigenvalue weighted by molar-refractivity contribution is 5.89. The Kier molecular flexibility index (Phi) is 12.5. The third kappa shape index (κ3) is 11.4. The second kappa shape index (κ2) is 13.5. The highest BCUT2D eigenvalue weighted by atomic mass is 16.5. The van der Waals surface area contributed by atoms with Gasteiger partial charge in [-0.2, -0.15) is 0 Å². The second-order valence-corrected chi connectivity index (χ2v) is 6.57. The van der Waals surface area contributed by atoms with E-state index in [-0.39, 0.29) is 5.92 Å². The quantitative estimate of drug-likeness (QED) is 0.413. The highest BCUT2D eigenvalue weighted by Gasteiger charge is 2.26. The molecule has 0 rings (SSSR count). The summed E-state index contributed by atoms with van der Waals surface area (Å²) in [7, 11) is 0. The largest absolute Gasteiger partial charge is 0.464 e. The molecule has 2 unspecified atom stereocenters. The van der Waals surface area contributed by atoms with Crippen molar-refractivity contribution >= 4 is 18.0 Å². The Morgan fingerprint density at radius 2 is 1.44 bits per heavy atom. The van der Waals surface area contributed by atoms with Gasteiger partial charge >= 0.3 is 12.1 Å². The summed E-state index contributed by atoms with van der Waals surface area (Å²) in [4.78, 5) is 36.0. The lowest BCUT2D eigenvalue weighted by molar-refractivity contribution is -0.148. The van der Waals surface area contributed by atoms with Gasteiger partial charge in [0.05, 0.1) is 13.2 Å². The number of ether oxygens (including phenoxy) is 2. The van der Waals surface area contributed by atoms with E-state index in [1.807, 2.05) is 27.7 Å². The van der Waals surface area contributed by atoms with Crippen LogP contribution in [0.25, 0.3) is 0 Å². The summed E-state index contributed by atoms with van der Waals surface area (Å²) in [6.07, 6.45) is 3.24. The number of esters is 1. The number of rotatable bonds is 12. The summed E-state index contributed by atoms with van der Waals surface area (Å²) in [6.45, 7) is 10.1. The van der Waals surface area contributed by atoms with Gasteiger partial charge in [-0.25, -0.2) is 9.59 Å². The van der Waals surface area contributed by atoms with Crippen LogP contribution in [-0.2, 0) is 19.1 Å². The Labute approximate surface area is 151 Å². The van der Waals surface area contributed by atoms with E-state index in [1.165, 1.54) is 0 Å². The van der Waals surface area contributed by atoms with E-state index < -0.39 is 30.1 Å². The van der Waals surface area contributed by atoms with Gasteiger partial charge in [0.2, 0.25) is 5.91 Å². The number of nitrogens with one attached hydrogen (secondary N) is 2. The fourth-order valence-electron chi connectivity index (χ4n) is 1.99. The Bertz CT molecular complexity index is 412. The van der Waals surface area contributed by atoms with Gasteiger partial charge in [-0.3, -0.25) is 4.79 Å². The number of carbonyl (C=O) groups excluding carboxylic acids is 3. The van der Waals surface area contributed by atoms with Crippen LogP contribution in [0.2, 0.25) is 0 Å². The van der Waals surface area contributed by atoms with E-state index in [0.29, 0.717) is 19.6 Å². The lowest BCUT2D eigenvalue weighted by Crippen LogP contribution is -2.51. The first-order valence-corrected chi connectivity index (χ1v) is 9.22. The predicted molar refractivity (Wildman–Crippen MR) is 96.1 cm³/mol. The molecule has 2 atom stereocenters. The fourth-order valence-corrected chi connectivity index (χ4v) is 1.99. The van der Waals surface area contributed by atoms with Gasteiger partial charge in [0.25, 0.3) is 0 Å². The van der Waals surface area contributed by atoms with Crippen molar-refractivity contribution in [1.82, 2.24) is 10.6 Å². The third-order valence-corrected chi connectivity index (χ3v) is 3.51. The van der Waals surface area contributed by atoms with E-state index in [0.717, 1.165) is 25.7 Å². The van der Waals surface area contributed by atoms with Gasteiger partial charge in [-0.05, 0) is 32.1 Å². The molecular formula is C18H34N2O5. The fraction of sp³-hybridized carbons (Fsp3) is 0.833. The molecule has 0 fully saturated rings. The average Bonchev–Trinajstić information content (AvgIpc) is 2.54. The Balaban J connectivity index is 4.52. The van der Waals surface area contributed by atoms with Crippen molar-refractivity contribution in [3.8, 4) is 0 Å². The van der Waals surface area contributed by atoms with Crippen molar-refractivity contribution in [3.63, 3.8) is 0 Å². The molecule has 0 aromatic rings. The standard InChI is InChI=1S/C18H34N2O5/c1-6-8-10-24-17(22)15(12-13(3)4)20-16(21)14(5)19-18(23)25-11-9-7-2/h13-15H,6-12H2,1-5H3,(H,19,23)(H,20,21). The molecule has 0 aliphatic rings. The number of carbonyl (C=O) groups is 3. The minimum atomic E-state index is -0.799. The van der Waals surface area contributed by atoms with Gasteiger partial charge in [0, 0.05) is 0 Å². The summed E-state index contributed by atoms with van der Waals surface area (Å²) in [5.41, 5.74) is 0. The molecule has 25 heavy (non-hydrogen) atoms. The van der Waals surface area contributed by atoms with Crippen molar-refractivity contribution in [3.05, 3.63) is 0 Å². The minimum Gasteiger partial charge on any atom is -0.464 e. The molecular weight excluding hydrogens is 324 g/mol. The van der Waals surface area contributed by atoms with Gasteiger partial charge in [-0.15, -0.1) is 0 Å². The molecule has 7 nitrogen and oxygen atoms in total. The van der Waals surface area contributed by atoms with Crippen LogP contribution in [0.1, 0.15) is 66.7 Å². The van der Waals surface area contributed by atoms with E-state index in [1.54, 1.807) is 6.92 Å². The first kappa shape index (κ1) is 23.2. The lowest BCUT2D eigenvalue weighted by Gasteiger charge is -2.21. The van der Waals surface area contributed by atoms with Crippen molar-refractivity contribution < 1.29 is 23.9 Å². The number of unbranched alkanes of at least 4 members (excludes halogenated alkanes) is 2. The zero-order valence-corrected chi connectivity index (χ0v) is 16.2. The van der Waals surface area contributed by atoms with Crippen LogP contribution in [-0.4, -0.2) is 43.3 Å². The summed E-state index contributed by atoms with van der Waals surface area (Å²) in [5, 5.41) is 5.13. The molecule has 2 amide bonds. The smallest absolute Gasteiger partial charge is 0.407 e. The average molecular weight is 358 g/mol. The first-order chi connectivity index (χ1) is 11.8. The zero-order valence-electron chi connectivity index (χ0n) is 16.2. The summed E-state index contributed by atoms with van der Waals surface area (Å²) >= 11 is 0. The molecule has 0 aromatic heterocycles. The highest BCUT2D eigenvalue weighted by Crippen LogP contribution is 2.07. The van der Waals surface area contributed by atoms with Gasteiger partial charge in [-0.1, -0.05) is 40.5 Å². The van der Waals surface area contributed by atoms with Crippen LogP contribution in [0.5, 0.6) is 0 Å². The van der Waals surface area contributed by atoms with Crippen LogP contribution in [0.3, 0.4) is 0 Å². The molecule has 146 valence electrons.